The Morgan fingerprint density at radius 1 is 1.55 bits per heavy atom. The number of carboxylic acid groups (broad SMARTS) is 1. The van der Waals surface area contributed by atoms with Crippen LogP contribution in [0.3, 0.4) is 0 Å². The third-order valence-corrected chi connectivity index (χ3v) is 2.39. The van der Waals surface area contributed by atoms with E-state index < -0.39 is 11.5 Å². The quantitative estimate of drug-likeness (QED) is 0.821. The van der Waals surface area contributed by atoms with Crippen LogP contribution in [0, 0.1) is 0 Å². The molecule has 0 bridgehead atoms. The van der Waals surface area contributed by atoms with E-state index >= 15 is 0 Å². The minimum Gasteiger partial charge on any atom is -0.477 e. The topological polar surface area (TPSA) is 93.4 Å². The van der Waals surface area contributed by atoms with Crippen molar-refractivity contribution in [3.8, 4) is 5.88 Å². The number of aromatic carboxylic acids is 1. The number of hydrogen-bond donors (Lipinski definition) is 2. The molecule has 0 unspecified atom stereocenters. The molecule has 0 fully saturated rings. The average molecular weight is 281 g/mol. The van der Waals surface area contributed by atoms with Gasteiger partial charge in [0.05, 0.1) is 18.3 Å². The van der Waals surface area contributed by atoms with Crippen molar-refractivity contribution in [2.24, 2.45) is 0 Å². The van der Waals surface area contributed by atoms with E-state index in [1.54, 1.807) is 19.2 Å². The van der Waals surface area contributed by atoms with Crippen LogP contribution < -0.4 is 10.1 Å². The van der Waals surface area contributed by atoms with Crippen molar-refractivity contribution in [2.45, 2.75) is 33.2 Å². The molecule has 7 nitrogen and oxygen atoms in total. The Morgan fingerprint density at radius 3 is 2.70 bits per heavy atom. The SMILES string of the molecule is CCOc1c(C(=O)O)cnn1/C=C/C(C)(C)NC(C)=O. The van der Waals surface area contributed by atoms with Crippen molar-refractivity contribution in [3.63, 3.8) is 0 Å². The zero-order chi connectivity index (χ0) is 15.3. The average Bonchev–Trinajstić information content (AvgIpc) is 2.68. The number of nitrogens with zero attached hydrogens (tertiary/aromatic N) is 2. The summed E-state index contributed by atoms with van der Waals surface area (Å²) in [5.41, 5.74) is -0.584. The molecular formula is C13H19N3O4. The van der Waals surface area contributed by atoms with E-state index in [0.29, 0.717) is 6.61 Å². The summed E-state index contributed by atoms with van der Waals surface area (Å²) in [4.78, 5) is 22.1. The zero-order valence-electron chi connectivity index (χ0n) is 12.0. The van der Waals surface area contributed by atoms with E-state index in [2.05, 4.69) is 10.4 Å². The van der Waals surface area contributed by atoms with Crippen LogP contribution in [0.4, 0.5) is 0 Å². The fraction of sp³-hybridized carbons (Fsp3) is 0.462. The van der Waals surface area contributed by atoms with Gasteiger partial charge in [0, 0.05) is 13.1 Å². The number of nitrogens with one attached hydrogen (secondary N) is 1. The largest absolute Gasteiger partial charge is 0.477 e. The lowest BCUT2D eigenvalue weighted by Gasteiger charge is -2.21. The maximum absolute atomic E-state index is 11.1. The Hall–Kier alpha value is -2.31. The lowest BCUT2D eigenvalue weighted by Crippen LogP contribution is -2.40. The molecule has 0 saturated carbocycles. The lowest BCUT2D eigenvalue weighted by atomic mass is 10.1. The number of aromatic nitrogens is 2. The second kappa shape index (κ2) is 6.23. The van der Waals surface area contributed by atoms with Gasteiger partial charge >= 0.3 is 5.97 Å². The summed E-state index contributed by atoms with van der Waals surface area (Å²) in [6.07, 6.45) is 4.49. The van der Waals surface area contributed by atoms with Crippen LogP contribution in [0.15, 0.2) is 12.3 Å². The number of rotatable bonds is 6. The van der Waals surface area contributed by atoms with Crippen molar-refractivity contribution in [3.05, 3.63) is 17.8 Å². The highest BCUT2D eigenvalue weighted by Gasteiger charge is 2.18. The molecule has 0 radical (unpaired) electrons. The highest BCUT2D eigenvalue weighted by Crippen LogP contribution is 2.19. The minimum atomic E-state index is -1.10. The van der Waals surface area contributed by atoms with Gasteiger partial charge in [-0.1, -0.05) is 0 Å². The highest BCUT2D eigenvalue weighted by atomic mass is 16.5. The summed E-state index contributed by atoms with van der Waals surface area (Å²) in [5, 5.41) is 15.7. The minimum absolute atomic E-state index is 0.00571. The van der Waals surface area contributed by atoms with Gasteiger partial charge in [-0.2, -0.15) is 5.10 Å². The predicted octanol–water partition coefficient (Wildman–Crippen LogP) is 1.37. The van der Waals surface area contributed by atoms with Crippen LogP contribution >= 0.6 is 0 Å². The highest BCUT2D eigenvalue weighted by molar-refractivity contribution is 5.90. The number of carboxylic acids is 1. The van der Waals surface area contributed by atoms with Gasteiger partial charge in [-0.25, -0.2) is 9.48 Å². The number of ether oxygens (including phenoxy) is 1. The Kier molecular flexibility index (Phi) is 4.90. The molecule has 0 aliphatic rings. The Balaban J connectivity index is 3.02. The first-order valence-corrected chi connectivity index (χ1v) is 6.18. The number of carbonyl (C=O) groups excluding carboxylic acids is 1. The first kappa shape index (κ1) is 15.7. The van der Waals surface area contributed by atoms with Crippen LogP contribution in [-0.4, -0.2) is 38.9 Å². The first-order chi connectivity index (χ1) is 9.26. The number of carbonyl (C=O) groups is 2. The molecule has 20 heavy (non-hydrogen) atoms. The summed E-state index contributed by atoms with van der Waals surface area (Å²) in [6, 6.07) is 0. The van der Waals surface area contributed by atoms with Crippen molar-refractivity contribution in [2.75, 3.05) is 6.61 Å². The third kappa shape index (κ3) is 4.11. The fourth-order valence-corrected chi connectivity index (χ4v) is 1.64. The molecule has 1 aromatic heterocycles. The van der Waals surface area contributed by atoms with E-state index in [1.807, 2.05) is 13.8 Å². The molecule has 1 rings (SSSR count). The molecule has 7 heteroatoms. The van der Waals surface area contributed by atoms with Crippen molar-refractivity contribution in [1.29, 1.82) is 0 Å². The molecule has 0 aromatic carbocycles. The van der Waals surface area contributed by atoms with Gasteiger partial charge in [-0.3, -0.25) is 4.79 Å². The Labute approximate surface area is 117 Å². The van der Waals surface area contributed by atoms with E-state index in [-0.39, 0.29) is 17.4 Å². The number of amides is 1. The van der Waals surface area contributed by atoms with E-state index in [4.69, 9.17) is 9.84 Å². The van der Waals surface area contributed by atoms with E-state index in [9.17, 15) is 9.59 Å². The maximum atomic E-state index is 11.1. The normalized spacial score (nSPS) is 11.6. The van der Waals surface area contributed by atoms with Gasteiger partial charge in [-0.15, -0.1) is 0 Å². The molecule has 1 amide bonds. The first-order valence-electron chi connectivity index (χ1n) is 6.18. The molecule has 1 aromatic rings. The Bertz CT molecular complexity index is 532. The summed E-state index contributed by atoms with van der Waals surface area (Å²) in [5.74, 6) is -1.10. The molecule has 0 aliphatic carbocycles. The van der Waals surface area contributed by atoms with E-state index in [0.717, 1.165) is 0 Å². The van der Waals surface area contributed by atoms with Gasteiger partial charge in [0.2, 0.25) is 11.8 Å². The molecule has 110 valence electrons. The van der Waals surface area contributed by atoms with Crippen LogP contribution in [0.5, 0.6) is 5.88 Å². The molecular weight excluding hydrogens is 262 g/mol. The van der Waals surface area contributed by atoms with Crippen molar-refractivity contribution < 1.29 is 19.4 Å². The summed E-state index contributed by atoms with van der Waals surface area (Å²) in [7, 11) is 0. The molecule has 2 N–H and O–H groups in total. The molecule has 0 aliphatic heterocycles. The van der Waals surface area contributed by atoms with Gasteiger partial charge in [-0.05, 0) is 26.8 Å². The van der Waals surface area contributed by atoms with Crippen LogP contribution in [0.1, 0.15) is 38.1 Å². The van der Waals surface area contributed by atoms with E-state index in [1.165, 1.54) is 17.8 Å². The van der Waals surface area contributed by atoms with Crippen molar-refractivity contribution >= 4 is 18.1 Å². The van der Waals surface area contributed by atoms with Gasteiger partial charge in [0.25, 0.3) is 0 Å². The maximum Gasteiger partial charge on any atom is 0.342 e. The Morgan fingerprint density at radius 2 is 2.20 bits per heavy atom. The van der Waals surface area contributed by atoms with Crippen LogP contribution in [-0.2, 0) is 4.79 Å². The molecule has 0 saturated heterocycles. The number of hydrogen-bond acceptors (Lipinski definition) is 4. The lowest BCUT2D eigenvalue weighted by molar-refractivity contribution is -0.120. The second-order valence-electron chi connectivity index (χ2n) is 4.76. The molecule has 0 spiro atoms. The summed E-state index contributed by atoms with van der Waals surface area (Å²) < 4.78 is 6.63. The van der Waals surface area contributed by atoms with Gasteiger partial charge < -0.3 is 15.2 Å². The summed E-state index contributed by atoms with van der Waals surface area (Å²) >= 11 is 0. The monoisotopic (exact) mass is 281 g/mol. The third-order valence-electron chi connectivity index (χ3n) is 2.39. The fourth-order valence-electron chi connectivity index (χ4n) is 1.64. The second-order valence-corrected chi connectivity index (χ2v) is 4.76. The van der Waals surface area contributed by atoms with Gasteiger partial charge in [0.1, 0.15) is 5.56 Å². The standard InChI is InChI=1S/C13H19N3O4/c1-5-20-11-10(12(18)19)8-14-16(11)7-6-13(3,4)15-9(2)17/h6-8H,5H2,1-4H3,(H,15,17)(H,18,19)/b7-6+. The van der Waals surface area contributed by atoms with Crippen LogP contribution in [0.25, 0.3) is 6.20 Å². The van der Waals surface area contributed by atoms with Crippen molar-refractivity contribution in [1.82, 2.24) is 15.1 Å². The summed E-state index contributed by atoms with van der Waals surface area (Å²) in [6.45, 7) is 7.14. The smallest absolute Gasteiger partial charge is 0.342 e. The van der Waals surface area contributed by atoms with Crippen LogP contribution in [0.2, 0.25) is 0 Å². The van der Waals surface area contributed by atoms with Gasteiger partial charge in [0.15, 0.2) is 0 Å². The molecule has 1 heterocycles. The zero-order valence-corrected chi connectivity index (χ0v) is 12.0. The predicted molar refractivity (Wildman–Crippen MR) is 73.6 cm³/mol. The molecule has 0 atom stereocenters.